The van der Waals surface area contributed by atoms with Gasteiger partial charge in [-0.2, -0.15) is 5.10 Å². The molecule has 2 N–H and O–H groups in total. The van der Waals surface area contributed by atoms with E-state index < -0.39 is 0 Å². The topological polar surface area (TPSA) is 49.9 Å². The van der Waals surface area contributed by atoms with Crippen molar-refractivity contribution >= 4 is 24.8 Å². The summed E-state index contributed by atoms with van der Waals surface area (Å²) in [6.07, 6.45) is 5.98. The fourth-order valence-electron chi connectivity index (χ4n) is 4.77. The molecule has 0 radical (unpaired) electrons. The number of nitrogens with zero attached hydrogens (tertiary/aromatic N) is 1. The summed E-state index contributed by atoms with van der Waals surface area (Å²) in [5.74, 6) is 0.882. The molecule has 1 aromatic heterocycles. The van der Waals surface area contributed by atoms with Crippen LogP contribution in [0.1, 0.15) is 24.0 Å². The minimum atomic E-state index is 0. The van der Waals surface area contributed by atoms with Crippen LogP contribution in [0.5, 0.6) is 5.75 Å². The van der Waals surface area contributed by atoms with Crippen molar-refractivity contribution in [3.05, 3.63) is 96.3 Å². The monoisotopic (exact) mass is 481 g/mol. The van der Waals surface area contributed by atoms with Gasteiger partial charge in [0.1, 0.15) is 5.75 Å². The van der Waals surface area contributed by atoms with Crippen molar-refractivity contribution in [2.24, 2.45) is 0 Å². The molecule has 1 aliphatic rings. The van der Waals surface area contributed by atoms with Crippen LogP contribution in [0.4, 0.5) is 0 Å². The molecule has 1 aliphatic heterocycles. The Labute approximate surface area is 207 Å². The lowest BCUT2D eigenvalue weighted by molar-refractivity contribution is 0.362. The lowest BCUT2D eigenvalue weighted by Crippen LogP contribution is -2.40. The molecule has 0 atom stereocenters. The number of H-pyrrole nitrogens is 1. The Morgan fingerprint density at radius 3 is 2.06 bits per heavy atom. The van der Waals surface area contributed by atoms with Crippen LogP contribution >= 0.6 is 24.8 Å². The standard InChI is InChI=1S/C27H27N3O.2ClH/c1-31-26-11-7-20(8-12-26)22-3-2-4-25(17-22)27(13-15-28-16-14-27)24-9-5-21(6-10-24)23-18-29-30-19-23;;/h2-12,17-19,28H,13-16H2,1H3,(H,29,30);2*1H. The highest BCUT2D eigenvalue weighted by Gasteiger charge is 2.35. The van der Waals surface area contributed by atoms with Gasteiger partial charge in [-0.25, -0.2) is 0 Å². The number of nitrogens with one attached hydrogen (secondary N) is 2. The normalized spacial score (nSPS) is 14.6. The van der Waals surface area contributed by atoms with Crippen molar-refractivity contribution in [2.75, 3.05) is 20.2 Å². The maximum Gasteiger partial charge on any atom is 0.118 e. The molecule has 4 aromatic rings. The fraction of sp³-hybridized carbons (Fsp3) is 0.222. The van der Waals surface area contributed by atoms with Gasteiger partial charge in [-0.1, -0.05) is 60.7 Å². The summed E-state index contributed by atoms with van der Waals surface area (Å²) >= 11 is 0. The molecule has 0 aliphatic carbocycles. The number of rotatable bonds is 5. The van der Waals surface area contributed by atoms with E-state index in [0.29, 0.717) is 0 Å². The number of ether oxygens (including phenoxy) is 1. The van der Waals surface area contributed by atoms with E-state index >= 15 is 0 Å². The predicted octanol–water partition coefficient (Wildman–Crippen LogP) is 6.27. The summed E-state index contributed by atoms with van der Waals surface area (Å²) in [4.78, 5) is 0. The van der Waals surface area contributed by atoms with E-state index in [-0.39, 0.29) is 30.2 Å². The van der Waals surface area contributed by atoms with Gasteiger partial charge in [-0.05, 0) is 65.9 Å². The molecule has 2 heterocycles. The van der Waals surface area contributed by atoms with E-state index in [9.17, 15) is 0 Å². The molecule has 33 heavy (non-hydrogen) atoms. The number of benzene rings is 3. The summed E-state index contributed by atoms with van der Waals surface area (Å²) in [6, 6.07) is 26.4. The van der Waals surface area contributed by atoms with Gasteiger partial charge in [0.25, 0.3) is 0 Å². The fourth-order valence-corrected chi connectivity index (χ4v) is 4.77. The van der Waals surface area contributed by atoms with Crippen LogP contribution < -0.4 is 10.1 Å². The molecule has 0 amide bonds. The van der Waals surface area contributed by atoms with Crippen molar-refractivity contribution in [1.29, 1.82) is 0 Å². The second kappa shape index (κ2) is 10.9. The Morgan fingerprint density at radius 2 is 1.42 bits per heavy atom. The van der Waals surface area contributed by atoms with Crippen LogP contribution in [0.2, 0.25) is 0 Å². The Bertz CT molecular complexity index is 1140. The van der Waals surface area contributed by atoms with E-state index in [4.69, 9.17) is 4.74 Å². The molecule has 3 aromatic carbocycles. The quantitative estimate of drug-likeness (QED) is 0.353. The van der Waals surface area contributed by atoms with Gasteiger partial charge in [0.15, 0.2) is 0 Å². The largest absolute Gasteiger partial charge is 0.497 e. The van der Waals surface area contributed by atoms with E-state index in [2.05, 4.69) is 76.2 Å². The first-order chi connectivity index (χ1) is 15.3. The summed E-state index contributed by atoms with van der Waals surface area (Å²) in [7, 11) is 1.70. The third-order valence-corrected chi connectivity index (χ3v) is 6.56. The molecule has 1 fully saturated rings. The average Bonchev–Trinajstić information content (AvgIpc) is 3.40. The Hall–Kier alpha value is -2.79. The van der Waals surface area contributed by atoms with E-state index in [1.807, 2.05) is 24.5 Å². The van der Waals surface area contributed by atoms with Gasteiger partial charge >= 0.3 is 0 Å². The van der Waals surface area contributed by atoms with Gasteiger partial charge in [-0.3, -0.25) is 5.10 Å². The van der Waals surface area contributed by atoms with Gasteiger partial charge in [0.05, 0.1) is 13.3 Å². The summed E-state index contributed by atoms with van der Waals surface area (Å²) in [6.45, 7) is 2.05. The number of aromatic nitrogens is 2. The number of halogens is 2. The first kappa shape index (κ1) is 24.8. The van der Waals surface area contributed by atoms with Crippen LogP contribution in [0.15, 0.2) is 85.2 Å². The van der Waals surface area contributed by atoms with Crippen molar-refractivity contribution < 1.29 is 4.74 Å². The highest BCUT2D eigenvalue weighted by Crippen LogP contribution is 2.42. The van der Waals surface area contributed by atoms with Crippen molar-refractivity contribution in [1.82, 2.24) is 15.5 Å². The maximum atomic E-state index is 5.32. The Morgan fingerprint density at radius 1 is 0.758 bits per heavy atom. The third-order valence-electron chi connectivity index (χ3n) is 6.56. The Balaban J connectivity index is 0.00000153. The van der Waals surface area contributed by atoms with Crippen LogP contribution in [0.3, 0.4) is 0 Å². The van der Waals surface area contributed by atoms with Gasteiger partial charge in [0.2, 0.25) is 0 Å². The minimum Gasteiger partial charge on any atom is -0.497 e. The van der Waals surface area contributed by atoms with Crippen LogP contribution in [-0.4, -0.2) is 30.4 Å². The van der Waals surface area contributed by atoms with Crippen LogP contribution in [-0.2, 0) is 5.41 Å². The smallest absolute Gasteiger partial charge is 0.118 e. The molecule has 172 valence electrons. The molecule has 0 saturated carbocycles. The molecule has 0 spiro atoms. The number of aromatic amines is 1. The second-order valence-corrected chi connectivity index (χ2v) is 8.21. The van der Waals surface area contributed by atoms with Crippen LogP contribution in [0.25, 0.3) is 22.3 Å². The van der Waals surface area contributed by atoms with E-state index in [1.165, 1.54) is 27.8 Å². The SMILES string of the molecule is COc1ccc(-c2cccc(C3(c4ccc(-c5cn[nH]c5)cc4)CCNCC3)c2)cc1.Cl.Cl. The lowest BCUT2D eigenvalue weighted by Gasteiger charge is -2.39. The maximum absolute atomic E-state index is 5.32. The molecule has 5 rings (SSSR count). The summed E-state index contributed by atoms with van der Waals surface area (Å²) in [5, 5.41) is 10.5. The molecule has 0 unspecified atom stereocenters. The van der Waals surface area contributed by atoms with Crippen LogP contribution in [0, 0.1) is 0 Å². The van der Waals surface area contributed by atoms with Crippen molar-refractivity contribution in [2.45, 2.75) is 18.3 Å². The highest BCUT2D eigenvalue weighted by atomic mass is 35.5. The zero-order chi connectivity index (χ0) is 21.1. The first-order valence-corrected chi connectivity index (χ1v) is 10.8. The van der Waals surface area contributed by atoms with Crippen molar-refractivity contribution in [3.63, 3.8) is 0 Å². The molecule has 6 heteroatoms. The van der Waals surface area contributed by atoms with E-state index in [1.54, 1.807) is 7.11 Å². The molecular formula is C27H29Cl2N3O. The number of hydrogen-bond acceptors (Lipinski definition) is 3. The molecule has 0 bridgehead atoms. The second-order valence-electron chi connectivity index (χ2n) is 8.21. The number of methoxy groups -OCH3 is 1. The van der Waals surface area contributed by atoms with Gasteiger partial charge in [0, 0.05) is 17.2 Å². The third kappa shape index (κ3) is 4.93. The minimum absolute atomic E-state index is 0. The number of piperidine rings is 1. The molecular weight excluding hydrogens is 453 g/mol. The molecule has 4 nitrogen and oxygen atoms in total. The average molecular weight is 482 g/mol. The zero-order valence-corrected chi connectivity index (χ0v) is 20.2. The highest BCUT2D eigenvalue weighted by molar-refractivity contribution is 5.85. The zero-order valence-electron chi connectivity index (χ0n) is 18.6. The number of hydrogen-bond donors (Lipinski definition) is 2. The molecule has 1 saturated heterocycles. The van der Waals surface area contributed by atoms with E-state index in [0.717, 1.165) is 37.2 Å². The summed E-state index contributed by atoms with van der Waals surface area (Å²) in [5.41, 5.74) is 7.55. The van der Waals surface area contributed by atoms with Crippen molar-refractivity contribution in [3.8, 4) is 28.0 Å². The lowest BCUT2D eigenvalue weighted by atomic mass is 9.68. The first-order valence-electron chi connectivity index (χ1n) is 10.8. The Kier molecular flexibility index (Phi) is 8.20. The van der Waals surface area contributed by atoms with Gasteiger partial charge in [-0.15, -0.1) is 24.8 Å². The predicted molar refractivity (Wildman–Crippen MR) is 140 cm³/mol. The summed E-state index contributed by atoms with van der Waals surface area (Å²) < 4.78 is 5.32. The van der Waals surface area contributed by atoms with Gasteiger partial charge < -0.3 is 10.1 Å².